The zero-order valence-electron chi connectivity index (χ0n) is 25.2. The van der Waals surface area contributed by atoms with Gasteiger partial charge in [0.25, 0.3) is 0 Å². The molecule has 2 N–H and O–H groups in total. The number of nitrogen functional groups attached to an aromatic ring is 1. The molecule has 3 aliphatic heterocycles. The van der Waals surface area contributed by atoms with Crippen molar-refractivity contribution < 1.29 is 4.39 Å². The summed E-state index contributed by atoms with van der Waals surface area (Å²) in [5.74, 6) is 3.01. The summed E-state index contributed by atoms with van der Waals surface area (Å²) in [6, 6.07) is 6.60. The van der Waals surface area contributed by atoms with Crippen LogP contribution in [0.15, 0.2) is 18.2 Å². The molecular weight excluding hydrogens is 497 g/mol. The van der Waals surface area contributed by atoms with Crippen molar-refractivity contribution >= 4 is 11.5 Å². The van der Waals surface area contributed by atoms with Crippen molar-refractivity contribution in [1.82, 2.24) is 14.9 Å². The second-order valence-electron chi connectivity index (χ2n) is 13.9. The van der Waals surface area contributed by atoms with Gasteiger partial charge in [-0.2, -0.15) is 0 Å². The second-order valence-corrected chi connectivity index (χ2v) is 13.9. The average molecular weight is 548 g/mol. The van der Waals surface area contributed by atoms with Gasteiger partial charge in [0.05, 0.1) is 5.69 Å². The lowest BCUT2D eigenvalue weighted by Crippen LogP contribution is -2.39. The van der Waals surface area contributed by atoms with Crippen LogP contribution in [-0.4, -0.2) is 52.8 Å². The monoisotopic (exact) mass is 547 g/mol. The van der Waals surface area contributed by atoms with E-state index in [1.807, 2.05) is 0 Å². The molecule has 7 rings (SSSR count). The maximum atomic E-state index is 12.8. The van der Waals surface area contributed by atoms with Crippen LogP contribution in [0.5, 0.6) is 0 Å². The quantitative estimate of drug-likeness (QED) is 0.430. The maximum absolute atomic E-state index is 12.8. The fourth-order valence-electron chi connectivity index (χ4n) is 8.61. The lowest BCUT2D eigenvalue weighted by atomic mass is 9.62. The predicted octanol–water partition coefficient (Wildman–Crippen LogP) is 6.59. The van der Waals surface area contributed by atoms with E-state index in [1.54, 1.807) is 0 Å². The van der Waals surface area contributed by atoms with Gasteiger partial charge in [0.1, 0.15) is 17.8 Å². The van der Waals surface area contributed by atoms with Crippen LogP contribution in [0, 0.1) is 5.92 Å². The van der Waals surface area contributed by atoms with Gasteiger partial charge in [-0.3, -0.25) is 4.90 Å². The lowest BCUT2D eigenvalue weighted by molar-refractivity contribution is 0.217. The number of anilines is 2. The molecule has 4 unspecified atom stereocenters. The third-order valence-corrected chi connectivity index (χ3v) is 10.8. The van der Waals surface area contributed by atoms with Crippen molar-refractivity contribution in [2.45, 2.75) is 121 Å². The number of rotatable bonds is 2. The van der Waals surface area contributed by atoms with E-state index in [9.17, 15) is 4.39 Å². The molecule has 1 aromatic carbocycles. The molecule has 0 bridgehead atoms. The zero-order valence-corrected chi connectivity index (χ0v) is 25.2. The Morgan fingerprint density at radius 3 is 2.73 bits per heavy atom. The van der Waals surface area contributed by atoms with Crippen LogP contribution in [0.3, 0.4) is 0 Å². The number of alkyl halides is 1. The standard InChI is InChI=1S/C26H36N4.C8H14FN/c1-3-24-28-23-16-26(12-6-8-19-9-10-20(27)15-22(19)26)13-11-21(23)25(29-24)30-14-5-4-7-18(2)17-30;1-8-3-2-4-10(8)6-7(9)5-8/h9-10,15,18H,3-8,11-14,16-17,27H2,1-2H3;7H,2-6H2,1H3. The molecule has 5 nitrogen and oxygen atoms in total. The second kappa shape index (κ2) is 11.2. The molecule has 6 heteroatoms. The van der Waals surface area contributed by atoms with Gasteiger partial charge in [0.2, 0.25) is 0 Å². The number of aromatic nitrogens is 2. The van der Waals surface area contributed by atoms with Crippen LogP contribution in [-0.2, 0) is 31.1 Å². The van der Waals surface area contributed by atoms with Gasteiger partial charge in [0.15, 0.2) is 0 Å². The number of aryl methyl sites for hydroxylation is 2. The van der Waals surface area contributed by atoms with Gasteiger partial charge in [0, 0.05) is 48.3 Å². The fourth-order valence-corrected chi connectivity index (χ4v) is 8.61. The highest BCUT2D eigenvalue weighted by atomic mass is 19.1. The van der Waals surface area contributed by atoms with E-state index in [4.69, 9.17) is 15.7 Å². The Kier molecular flexibility index (Phi) is 7.84. The molecule has 3 fully saturated rings. The lowest BCUT2D eigenvalue weighted by Gasteiger charge is -2.43. The van der Waals surface area contributed by atoms with Crippen molar-refractivity contribution in [3.8, 4) is 0 Å². The molecule has 0 radical (unpaired) electrons. The number of halogens is 1. The van der Waals surface area contributed by atoms with E-state index in [-0.39, 0.29) is 11.0 Å². The zero-order chi connectivity index (χ0) is 27.9. The predicted molar refractivity (Wildman–Crippen MR) is 163 cm³/mol. The fraction of sp³-hybridized carbons (Fsp3) is 0.706. The minimum atomic E-state index is -0.551. The first-order chi connectivity index (χ1) is 19.3. The van der Waals surface area contributed by atoms with E-state index >= 15 is 0 Å². The summed E-state index contributed by atoms with van der Waals surface area (Å²) in [5, 5.41) is 0. The Bertz CT molecular complexity index is 1220. The van der Waals surface area contributed by atoms with Gasteiger partial charge in [-0.15, -0.1) is 0 Å². The van der Waals surface area contributed by atoms with E-state index in [0.29, 0.717) is 6.54 Å². The first-order valence-electron chi connectivity index (χ1n) is 16.2. The molecule has 4 atom stereocenters. The van der Waals surface area contributed by atoms with Crippen molar-refractivity contribution in [2.75, 3.05) is 36.8 Å². The SMILES string of the molecule is CC12CCCN1CC(F)C2.CCc1nc2c(c(N3CCCCC(C)C3)n1)CCC1(CCCc3ccc(N)cc31)C2. The van der Waals surface area contributed by atoms with E-state index in [2.05, 4.69) is 48.8 Å². The van der Waals surface area contributed by atoms with Crippen LogP contribution in [0.2, 0.25) is 0 Å². The molecule has 5 aliphatic rings. The smallest absolute Gasteiger partial charge is 0.135 e. The molecule has 0 amide bonds. The van der Waals surface area contributed by atoms with Gasteiger partial charge >= 0.3 is 0 Å². The van der Waals surface area contributed by atoms with Gasteiger partial charge in [-0.25, -0.2) is 14.4 Å². The normalized spacial score (nSPS) is 31.6. The molecule has 218 valence electrons. The molecule has 2 aliphatic carbocycles. The topological polar surface area (TPSA) is 58.3 Å². The number of hydrogen-bond acceptors (Lipinski definition) is 5. The van der Waals surface area contributed by atoms with Crippen molar-refractivity contribution in [3.05, 3.63) is 46.4 Å². The van der Waals surface area contributed by atoms with Crippen LogP contribution in [0.25, 0.3) is 0 Å². The maximum Gasteiger partial charge on any atom is 0.135 e. The summed E-state index contributed by atoms with van der Waals surface area (Å²) < 4.78 is 12.8. The Hall–Kier alpha value is -2.21. The molecular formula is C34H50FN5. The molecule has 4 heterocycles. The van der Waals surface area contributed by atoms with Crippen LogP contribution < -0.4 is 10.6 Å². The summed E-state index contributed by atoms with van der Waals surface area (Å²) in [6.07, 6.45) is 14.6. The molecule has 40 heavy (non-hydrogen) atoms. The summed E-state index contributed by atoms with van der Waals surface area (Å²) in [6.45, 7) is 10.9. The molecule has 2 aromatic rings. The summed E-state index contributed by atoms with van der Waals surface area (Å²) in [4.78, 5) is 15.1. The molecule has 3 saturated heterocycles. The first-order valence-corrected chi connectivity index (χ1v) is 16.2. The number of benzene rings is 1. The largest absolute Gasteiger partial charge is 0.399 e. The molecule has 1 spiro atoms. The number of nitrogens with two attached hydrogens (primary N) is 1. The molecule has 0 saturated carbocycles. The van der Waals surface area contributed by atoms with Gasteiger partial charge < -0.3 is 10.6 Å². The average Bonchev–Trinajstić information content (AvgIpc) is 3.32. The highest BCUT2D eigenvalue weighted by molar-refractivity contribution is 5.55. The Labute approximate surface area is 241 Å². The summed E-state index contributed by atoms with van der Waals surface area (Å²) >= 11 is 0. The number of nitrogens with zero attached hydrogens (tertiary/aromatic N) is 4. The number of hydrogen-bond donors (Lipinski definition) is 1. The number of fused-ring (bicyclic) bond motifs is 4. The van der Waals surface area contributed by atoms with Crippen LogP contribution >= 0.6 is 0 Å². The van der Waals surface area contributed by atoms with Crippen LogP contribution in [0.4, 0.5) is 15.9 Å². The third-order valence-electron chi connectivity index (χ3n) is 10.8. The minimum absolute atomic E-state index is 0.207. The van der Waals surface area contributed by atoms with E-state index in [0.717, 1.165) is 62.7 Å². The van der Waals surface area contributed by atoms with Gasteiger partial charge in [-0.05, 0) is 113 Å². The minimum Gasteiger partial charge on any atom is -0.399 e. The highest BCUT2D eigenvalue weighted by Gasteiger charge is 2.45. The summed E-state index contributed by atoms with van der Waals surface area (Å²) in [7, 11) is 0. The summed E-state index contributed by atoms with van der Waals surface area (Å²) in [5.41, 5.74) is 13.3. The third kappa shape index (κ3) is 5.37. The van der Waals surface area contributed by atoms with E-state index < -0.39 is 6.17 Å². The van der Waals surface area contributed by atoms with Crippen molar-refractivity contribution in [1.29, 1.82) is 0 Å². The first kappa shape index (κ1) is 27.9. The van der Waals surface area contributed by atoms with Crippen LogP contribution in [0.1, 0.15) is 107 Å². The van der Waals surface area contributed by atoms with Crippen molar-refractivity contribution in [2.24, 2.45) is 5.92 Å². The van der Waals surface area contributed by atoms with Gasteiger partial charge in [-0.1, -0.05) is 26.3 Å². The Balaban J connectivity index is 0.000000242. The Morgan fingerprint density at radius 2 is 1.90 bits per heavy atom. The highest BCUT2D eigenvalue weighted by Crippen LogP contribution is 2.48. The van der Waals surface area contributed by atoms with E-state index in [1.165, 1.54) is 86.0 Å². The Morgan fingerprint density at radius 1 is 1.02 bits per heavy atom. The molecule has 1 aromatic heterocycles. The van der Waals surface area contributed by atoms with Crippen molar-refractivity contribution in [3.63, 3.8) is 0 Å².